The molecular formula is C26H27N7O3. The molecule has 0 saturated heterocycles. The fourth-order valence-electron chi connectivity index (χ4n) is 3.66. The van der Waals surface area contributed by atoms with Gasteiger partial charge in [0.1, 0.15) is 17.5 Å². The molecule has 10 nitrogen and oxygen atoms in total. The number of anilines is 2. The third-order valence-corrected chi connectivity index (χ3v) is 5.45. The minimum absolute atomic E-state index is 0.0201. The van der Waals surface area contributed by atoms with Gasteiger partial charge in [0, 0.05) is 29.6 Å². The fourth-order valence-corrected chi connectivity index (χ4v) is 3.66. The van der Waals surface area contributed by atoms with Crippen molar-refractivity contribution in [2.24, 2.45) is 5.73 Å². The Labute approximate surface area is 208 Å². The first-order chi connectivity index (χ1) is 17.4. The zero-order valence-electron chi connectivity index (χ0n) is 19.8. The molecule has 0 aliphatic rings. The number of pyridine rings is 1. The molecule has 0 fully saturated rings. The highest BCUT2D eigenvalue weighted by Gasteiger charge is 2.21. The number of hydrogen-bond acceptors (Lipinski definition) is 7. The van der Waals surface area contributed by atoms with Crippen molar-refractivity contribution in [1.29, 1.82) is 5.41 Å². The average molecular weight is 486 g/mol. The number of esters is 1. The molecule has 4 aromatic rings. The first-order valence-electron chi connectivity index (χ1n) is 11.5. The molecule has 0 radical (unpaired) electrons. The van der Waals surface area contributed by atoms with Gasteiger partial charge in [0.2, 0.25) is 0 Å². The van der Waals surface area contributed by atoms with Crippen molar-refractivity contribution in [1.82, 2.24) is 15.0 Å². The van der Waals surface area contributed by atoms with Crippen LogP contribution >= 0.6 is 0 Å². The van der Waals surface area contributed by atoms with Crippen LogP contribution in [0.3, 0.4) is 0 Å². The van der Waals surface area contributed by atoms with Crippen LogP contribution in [0.15, 0.2) is 66.9 Å². The topological polar surface area (TPSA) is 150 Å². The minimum Gasteiger partial charge on any atom is -0.466 e. The summed E-state index contributed by atoms with van der Waals surface area (Å²) in [6, 6.07) is 17.8. The maximum atomic E-state index is 13.4. The summed E-state index contributed by atoms with van der Waals surface area (Å²) < 4.78 is 5.01. The van der Waals surface area contributed by atoms with Crippen molar-refractivity contribution < 1.29 is 14.3 Å². The average Bonchev–Trinajstić information content (AvgIpc) is 3.31. The molecule has 36 heavy (non-hydrogen) atoms. The summed E-state index contributed by atoms with van der Waals surface area (Å²) in [5.74, 6) is 0.529. The quantitative estimate of drug-likeness (QED) is 0.153. The highest BCUT2D eigenvalue weighted by atomic mass is 16.5. The van der Waals surface area contributed by atoms with Gasteiger partial charge in [-0.1, -0.05) is 6.07 Å². The summed E-state index contributed by atoms with van der Waals surface area (Å²) in [7, 11) is 0. The van der Waals surface area contributed by atoms with Crippen LogP contribution in [0.2, 0.25) is 0 Å². The Morgan fingerprint density at radius 2 is 1.89 bits per heavy atom. The smallest absolute Gasteiger partial charge is 0.307 e. The van der Waals surface area contributed by atoms with E-state index in [9.17, 15) is 9.59 Å². The Morgan fingerprint density at radius 3 is 2.58 bits per heavy atom. The number of amides is 1. The number of rotatable bonds is 10. The van der Waals surface area contributed by atoms with Crippen molar-refractivity contribution in [3.8, 4) is 0 Å². The highest BCUT2D eigenvalue weighted by molar-refractivity contribution is 6.07. The van der Waals surface area contributed by atoms with E-state index in [4.69, 9.17) is 15.9 Å². The van der Waals surface area contributed by atoms with E-state index in [1.807, 2.05) is 12.1 Å². The van der Waals surface area contributed by atoms with Crippen LogP contribution in [0, 0.1) is 5.41 Å². The third kappa shape index (κ3) is 5.84. The van der Waals surface area contributed by atoms with E-state index in [1.165, 1.54) is 4.90 Å². The zero-order valence-corrected chi connectivity index (χ0v) is 19.8. The molecule has 4 rings (SSSR count). The molecule has 2 aromatic carbocycles. The van der Waals surface area contributed by atoms with Gasteiger partial charge < -0.3 is 20.8 Å². The second-order valence-electron chi connectivity index (χ2n) is 7.96. The lowest BCUT2D eigenvalue weighted by molar-refractivity contribution is -0.142. The molecule has 0 spiro atoms. The Balaban J connectivity index is 1.50. The number of benzene rings is 2. The zero-order chi connectivity index (χ0) is 25.5. The Kier molecular flexibility index (Phi) is 7.54. The maximum Gasteiger partial charge on any atom is 0.307 e. The number of nitrogens with zero attached hydrogens (tertiary/aromatic N) is 3. The Bertz CT molecular complexity index is 1370. The van der Waals surface area contributed by atoms with Crippen molar-refractivity contribution >= 4 is 40.3 Å². The first-order valence-corrected chi connectivity index (χ1v) is 11.5. The van der Waals surface area contributed by atoms with Crippen LogP contribution in [-0.4, -0.2) is 45.8 Å². The summed E-state index contributed by atoms with van der Waals surface area (Å²) in [6.45, 7) is 2.62. The van der Waals surface area contributed by atoms with Crippen LogP contribution in [-0.2, 0) is 16.1 Å². The van der Waals surface area contributed by atoms with Gasteiger partial charge in [-0.05, 0) is 61.5 Å². The van der Waals surface area contributed by atoms with E-state index in [2.05, 4.69) is 20.3 Å². The van der Waals surface area contributed by atoms with Crippen LogP contribution in [0.25, 0.3) is 11.0 Å². The number of aromatic amines is 1. The first kappa shape index (κ1) is 24.4. The van der Waals surface area contributed by atoms with Gasteiger partial charge in [-0.3, -0.25) is 19.9 Å². The largest absolute Gasteiger partial charge is 0.466 e. The number of fused-ring (bicyclic) bond motifs is 1. The van der Waals surface area contributed by atoms with Crippen molar-refractivity contribution in [2.75, 3.05) is 23.4 Å². The van der Waals surface area contributed by atoms with Gasteiger partial charge in [-0.2, -0.15) is 0 Å². The van der Waals surface area contributed by atoms with Gasteiger partial charge in [0.05, 0.1) is 30.6 Å². The number of nitrogens with one attached hydrogen (secondary N) is 3. The summed E-state index contributed by atoms with van der Waals surface area (Å²) >= 11 is 0. The predicted octanol–water partition coefficient (Wildman–Crippen LogP) is 3.45. The van der Waals surface area contributed by atoms with Crippen LogP contribution in [0.5, 0.6) is 0 Å². The number of nitrogen functional groups attached to an aromatic ring is 1. The van der Waals surface area contributed by atoms with Gasteiger partial charge >= 0.3 is 5.97 Å². The highest BCUT2D eigenvalue weighted by Crippen LogP contribution is 2.20. The lowest BCUT2D eigenvalue weighted by Gasteiger charge is -2.21. The summed E-state index contributed by atoms with van der Waals surface area (Å²) in [6.07, 6.45) is 1.66. The van der Waals surface area contributed by atoms with Gasteiger partial charge in [0.25, 0.3) is 5.91 Å². The third-order valence-electron chi connectivity index (χ3n) is 5.45. The van der Waals surface area contributed by atoms with Gasteiger partial charge in [-0.25, -0.2) is 9.97 Å². The molecule has 0 aliphatic heterocycles. The van der Waals surface area contributed by atoms with Crippen molar-refractivity contribution in [2.45, 2.75) is 19.9 Å². The molecule has 0 unspecified atom stereocenters. The number of hydrogen-bond donors (Lipinski definition) is 4. The van der Waals surface area contributed by atoms with Crippen LogP contribution in [0.4, 0.5) is 11.5 Å². The van der Waals surface area contributed by atoms with Crippen LogP contribution in [0.1, 0.15) is 35.1 Å². The second-order valence-corrected chi connectivity index (χ2v) is 7.96. The standard InChI is InChI=1S/C26H27N7O3/c1-2-36-24(34)12-14-33(23-5-3-4-13-29-23)26(35)18-8-11-20-21(15-18)32-22(31-20)16-30-19-9-6-17(7-10-19)25(27)28/h3-11,13,15,30H,2,12,14,16H2,1H3,(H3,27,28)(H,31,32). The maximum absolute atomic E-state index is 13.4. The molecule has 1 amide bonds. The fraction of sp³-hybridized carbons (Fsp3) is 0.192. The molecule has 184 valence electrons. The Morgan fingerprint density at radius 1 is 1.11 bits per heavy atom. The number of ether oxygens (including phenoxy) is 1. The van der Waals surface area contributed by atoms with E-state index in [0.717, 1.165) is 16.7 Å². The number of nitrogens with two attached hydrogens (primary N) is 1. The number of amidine groups is 1. The second kappa shape index (κ2) is 11.1. The number of H-pyrrole nitrogens is 1. The van der Waals surface area contributed by atoms with E-state index < -0.39 is 0 Å². The Hall–Kier alpha value is -4.73. The molecule has 2 heterocycles. The van der Waals surface area contributed by atoms with Gasteiger partial charge in [-0.15, -0.1) is 0 Å². The van der Waals surface area contributed by atoms with Crippen LogP contribution < -0.4 is 16.0 Å². The molecule has 0 saturated carbocycles. The molecule has 0 bridgehead atoms. The van der Waals surface area contributed by atoms with Gasteiger partial charge in [0.15, 0.2) is 0 Å². The van der Waals surface area contributed by atoms with E-state index >= 15 is 0 Å². The molecule has 0 atom stereocenters. The summed E-state index contributed by atoms with van der Waals surface area (Å²) in [4.78, 5) is 38.9. The number of imidazole rings is 1. The predicted molar refractivity (Wildman–Crippen MR) is 138 cm³/mol. The van der Waals surface area contributed by atoms with Crippen molar-refractivity contribution in [3.05, 3.63) is 83.8 Å². The molecular weight excluding hydrogens is 458 g/mol. The van der Waals surface area contributed by atoms with Crippen molar-refractivity contribution in [3.63, 3.8) is 0 Å². The minimum atomic E-state index is -0.372. The number of carbonyl (C=O) groups is 2. The number of aromatic nitrogens is 3. The lowest BCUT2D eigenvalue weighted by Crippen LogP contribution is -2.34. The molecule has 10 heteroatoms. The van der Waals surface area contributed by atoms with E-state index in [0.29, 0.717) is 29.3 Å². The molecule has 5 N–H and O–H groups in total. The number of carbonyl (C=O) groups excluding carboxylic acids is 2. The SMILES string of the molecule is CCOC(=O)CCN(C(=O)c1ccc2nc(CNc3ccc(C(=N)N)cc3)[nH]c2c1)c1ccccn1. The van der Waals surface area contributed by atoms with E-state index in [1.54, 1.807) is 61.7 Å². The lowest BCUT2D eigenvalue weighted by atomic mass is 10.1. The summed E-state index contributed by atoms with van der Waals surface area (Å²) in [5.41, 5.74) is 8.91. The van der Waals surface area contributed by atoms with E-state index in [-0.39, 0.29) is 37.3 Å². The molecule has 0 aliphatic carbocycles. The monoisotopic (exact) mass is 485 g/mol. The normalized spacial score (nSPS) is 10.7. The summed E-state index contributed by atoms with van der Waals surface area (Å²) in [5, 5.41) is 10.7. The molecule has 2 aromatic heterocycles.